The summed E-state index contributed by atoms with van der Waals surface area (Å²) in [5.74, 6) is -1.53. The minimum Gasteiger partial charge on any atom is -0.291 e. The average Bonchev–Trinajstić information content (AvgIpc) is 3.28. The number of hydrogen-bond donors (Lipinski definition) is 0. The molecular weight excluding hydrogens is 492 g/mol. The van der Waals surface area contributed by atoms with E-state index < -0.39 is 17.3 Å². The molecule has 4 heteroatoms. The Morgan fingerprint density at radius 1 is 0.675 bits per heavy atom. The standard InChI is InChI=1S/C36H26N2O2/c39-34-32-31-26-16-6-8-18-28(26)36(29-19-9-7-17-27(29)31,22-37-21-23-11-2-1-3-12-23)33(32)35(40)38(34)30-20-10-14-24-13-4-5-15-25(24)30/h1-20,22,31-33H,21H2/t31?,32-,33-,36?/m1/s1. The Balaban J connectivity index is 1.36. The van der Waals surface area contributed by atoms with E-state index in [2.05, 4.69) is 36.4 Å². The van der Waals surface area contributed by atoms with Crippen molar-refractivity contribution in [1.29, 1.82) is 0 Å². The molecule has 0 spiro atoms. The number of fused-ring (bicyclic) bond motifs is 1. The van der Waals surface area contributed by atoms with Gasteiger partial charge in [0.05, 0.1) is 29.5 Å². The van der Waals surface area contributed by atoms with Crippen LogP contribution in [-0.4, -0.2) is 18.0 Å². The highest BCUT2D eigenvalue weighted by atomic mass is 16.2. The number of aliphatic imine (C=N–C) groups is 1. The lowest BCUT2D eigenvalue weighted by molar-refractivity contribution is -0.122. The molecule has 0 aromatic heterocycles. The normalized spacial score (nSPS) is 24.4. The lowest BCUT2D eigenvalue weighted by atomic mass is 9.47. The number of anilines is 1. The Hall–Kier alpha value is -4.83. The zero-order chi connectivity index (χ0) is 26.8. The Labute approximate surface area is 232 Å². The molecule has 1 aliphatic heterocycles. The summed E-state index contributed by atoms with van der Waals surface area (Å²) >= 11 is 0. The third-order valence-electron chi connectivity index (χ3n) is 9.10. The van der Waals surface area contributed by atoms with E-state index in [0.717, 1.165) is 38.6 Å². The van der Waals surface area contributed by atoms with Gasteiger partial charge in [-0.1, -0.05) is 115 Å². The van der Waals surface area contributed by atoms with E-state index in [-0.39, 0.29) is 17.7 Å². The summed E-state index contributed by atoms with van der Waals surface area (Å²) in [6, 6.07) is 40.6. The third kappa shape index (κ3) is 2.99. The molecule has 2 bridgehead atoms. The number of carbonyl (C=O) groups excluding carboxylic acids is 2. The number of hydrogen-bond acceptors (Lipinski definition) is 3. The first-order valence-corrected chi connectivity index (χ1v) is 13.8. The topological polar surface area (TPSA) is 49.7 Å². The van der Waals surface area contributed by atoms with Crippen molar-refractivity contribution >= 4 is 34.5 Å². The number of carbonyl (C=O) groups is 2. The largest absolute Gasteiger partial charge is 0.291 e. The first-order chi connectivity index (χ1) is 19.7. The van der Waals surface area contributed by atoms with Crippen molar-refractivity contribution in [3.63, 3.8) is 0 Å². The van der Waals surface area contributed by atoms with E-state index in [1.54, 1.807) is 0 Å². The highest BCUT2D eigenvalue weighted by Gasteiger charge is 2.68. The van der Waals surface area contributed by atoms with Gasteiger partial charge in [0.25, 0.3) is 0 Å². The van der Waals surface area contributed by atoms with Gasteiger partial charge in [-0.25, -0.2) is 4.90 Å². The van der Waals surface area contributed by atoms with Crippen molar-refractivity contribution in [2.75, 3.05) is 4.90 Å². The van der Waals surface area contributed by atoms with Crippen molar-refractivity contribution in [2.24, 2.45) is 16.8 Å². The smallest absolute Gasteiger partial charge is 0.239 e. The lowest BCUT2D eigenvalue weighted by Gasteiger charge is -2.52. The molecule has 40 heavy (non-hydrogen) atoms. The zero-order valence-corrected chi connectivity index (χ0v) is 21.8. The van der Waals surface area contributed by atoms with Gasteiger partial charge in [0, 0.05) is 17.5 Å². The second-order valence-electron chi connectivity index (χ2n) is 11.0. The first kappa shape index (κ1) is 23.1. The van der Waals surface area contributed by atoms with Crippen LogP contribution in [0.1, 0.15) is 33.7 Å². The fourth-order valence-electron chi connectivity index (χ4n) is 7.57. The van der Waals surface area contributed by atoms with Crippen LogP contribution in [0.4, 0.5) is 5.69 Å². The SMILES string of the molecule is O=C1[C@@H]2C3c4ccccc4C(C=NCc4ccccc4)(c4ccccc43)[C@H]2C(=O)N1c1cccc2ccccc12. The molecule has 192 valence electrons. The summed E-state index contributed by atoms with van der Waals surface area (Å²) in [5, 5.41) is 1.91. The van der Waals surface area contributed by atoms with E-state index in [0.29, 0.717) is 12.2 Å². The van der Waals surface area contributed by atoms with Crippen LogP contribution in [0.15, 0.2) is 126 Å². The summed E-state index contributed by atoms with van der Waals surface area (Å²) in [7, 11) is 0. The van der Waals surface area contributed by atoms with Crippen molar-refractivity contribution in [3.8, 4) is 0 Å². The van der Waals surface area contributed by atoms with Gasteiger partial charge in [0.15, 0.2) is 0 Å². The van der Waals surface area contributed by atoms with Crippen molar-refractivity contribution < 1.29 is 9.59 Å². The molecule has 1 fully saturated rings. The molecule has 2 atom stereocenters. The van der Waals surface area contributed by atoms with Gasteiger partial charge >= 0.3 is 0 Å². The molecule has 0 radical (unpaired) electrons. The van der Waals surface area contributed by atoms with E-state index >= 15 is 0 Å². The molecule has 9 rings (SSSR count). The Kier molecular flexibility index (Phi) is 4.96. The molecule has 2 amide bonds. The fourth-order valence-corrected chi connectivity index (χ4v) is 7.57. The average molecular weight is 519 g/mol. The summed E-state index contributed by atoms with van der Waals surface area (Å²) < 4.78 is 0. The van der Waals surface area contributed by atoms with Gasteiger partial charge in [-0.3, -0.25) is 14.6 Å². The van der Waals surface area contributed by atoms with Gasteiger partial charge in [0.1, 0.15) is 0 Å². The van der Waals surface area contributed by atoms with Crippen molar-refractivity contribution in [3.05, 3.63) is 149 Å². The van der Waals surface area contributed by atoms with Crippen LogP contribution in [0.3, 0.4) is 0 Å². The van der Waals surface area contributed by atoms with E-state index in [1.165, 1.54) is 4.90 Å². The van der Waals surface area contributed by atoms with Crippen LogP contribution in [0, 0.1) is 11.8 Å². The molecule has 3 aliphatic carbocycles. The molecule has 5 aromatic carbocycles. The Morgan fingerprint density at radius 2 is 1.30 bits per heavy atom. The molecule has 4 aliphatic rings. The fraction of sp³-hybridized carbons (Fsp3) is 0.139. The predicted octanol–water partition coefficient (Wildman–Crippen LogP) is 6.66. The summed E-state index contributed by atoms with van der Waals surface area (Å²) in [6.45, 7) is 0.503. The lowest BCUT2D eigenvalue weighted by Crippen LogP contribution is -2.54. The van der Waals surface area contributed by atoms with E-state index in [4.69, 9.17) is 4.99 Å². The Bertz CT molecular complexity index is 1810. The molecule has 0 saturated carbocycles. The molecular formula is C36H26N2O2. The summed E-state index contributed by atoms with van der Waals surface area (Å²) in [6.07, 6.45) is 1.99. The second kappa shape index (κ2) is 8.59. The number of amides is 2. The molecule has 4 nitrogen and oxygen atoms in total. The first-order valence-electron chi connectivity index (χ1n) is 13.8. The predicted molar refractivity (Wildman–Crippen MR) is 158 cm³/mol. The van der Waals surface area contributed by atoms with Gasteiger partial charge < -0.3 is 0 Å². The van der Waals surface area contributed by atoms with Gasteiger partial charge in [0.2, 0.25) is 11.8 Å². The maximum Gasteiger partial charge on any atom is 0.239 e. The summed E-state index contributed by atoms with van der Waals surface area (Å²) in [4.78, 5) is 35.7. The summed E-state index contributed by atoms with van der Waals surface area (Å²) in [5.41, 5.74) is 5.32. The molecule has 1 saturated heterocycles. The highest BCUT2D eigenvalue weighted by molar-refractivity contribution is 6.27. The van der Waals surface area contributed by atoms with Crippen LogP contribution in [-0.2, 0) is 21.5 Å². The molecule has 1 heterocycles. The maximum atomic E-state index is 14.7. The van der Waals surface area contributed by atoms with Crippen LogP contribution in [0.5, 0.6) is 0 Å². The van der Waals surface area contributed by atoms with Gasteiger partial charge in [-0.15, -0.1) is 0 Å². The maximum absolute atomic E-state index is 14.7. The quantitative estimate of drug-likeness (QED) is 0.197. The minimum absolute atomic E-state index is 0.124. The second-order valence-corrected chi connectivity index (χ2v) is 11.0. The van der Waals surface area contributed by atoms with Crippen LogP contribution < -0.4 is 4.90 Å². The van der Waals surface area contributed by atoms with Gasteiger partial charge in [-0.05, 0) is 39.3 Å². The zero-order valence-electron chi connectivity index (χ0n) is 21.8. The minimum atomic E-state index is -0.840. The van der Waals surface area contributed by atoms with Crippen molar-refractivity contribution in [1.82, 2.24) is 0 Å². The monoisotopic (exact) mass is 518 g/mol. The van der Waals surface area contributed by atoms with Crippen LogP contribution in [0.25, 0.3) is 10.8 Å². The highest BCUT2D eigenvalue weighted by Crippen LogP contribution is 2.63. The van der Waals surface area contributed by atoms with Crippen LogP contribution in [0.2, 0.25) is 0 Å². The molecule has 0 unspecified atom stereocenters. The number of imide groups is 1. The number of benzene rings is 5. The van der Waals surface area contributed by atoms with E-state index in [9.17, 15) is 9.59 Å². The Morgan fingerprint density at radius 3 is 2.05 bits per heavy atom. The van der Waals surface area contributed by atoms with Crippen LogP contribution >= 0.6 is 0 Å². The number of nitrogens with zero attached hydrogens (tertiary/aromatic N) is 2. The van der Waals surface area contributed by atoms with Crippen molar-refractivity contribution in [2.45, 2.75) is 17.9 Å². The number of rotatable bonds is 4. The molecule has 0 N–H and O–H groups in total. The molecule has 5 aromatic rings. The van der Waals surface area contributed by atoms with E-state index in [1.807, 2.05) is 91.1 Å². The third-order valence-corrected chi connectivity index (χ3v) is 9.10. The van der Waals surface area contributed by atoms with Gasteiger partial charge in [-0.2, -0.15) is 0 Å².